The third kappa shape index (κ3) is 2.55. The average Bonchev–Trinajstić information content (AvgIpc) is 3.01. The molecule has 0 bridgehead atoms. The maximum Gasteiger partial charge on any atom is 0.338 e. The van der Waals surface area contributed by atoms with E-state index in [2.05, 4.69) is 9.97 Å². The molecule has 2 N–H and O–H groups in total. The highest BCUT2D eigenvalue weighted by Gasteiger charge is 2.10. The monoisotopic (exact) mass is 288 g/mol. The smallest absolute Gasteiger partial charge is 0.338 e. The molecule has 0 atom stereocenters. The summed E-state index contributed by atoms with van der Waals surface area (Å²) in [5.74, 6) is 0.166. The van der Waals surface area contributed by atoms with Crippen molar-refractivity contribution in [1.82, 2.24) is 9.97 Å². The topological polar surface area (TPSA) is 79.1 Å². The van der Waals surface area contributed by atoms with Crippen LogP contribution in [0.15, 0.2) is 40.1 Å². The molecule has 0 fully saturated rings. The first-order chi connectivity index (χ1) is 9.61. The zero-order valence-corrected chi connectivity index (χ0v) is 11.5. The van der Waals surface area contributed by atoms with Crippen LogP contribution in [-0.4, -0.2) is 21.0 Å². The van der Waals surface area contributed by atoms with Gasteiger partial charge in [-0.05, 0) is 30.7 Å². The number of furan rings is 1. The van der Waals surface area contributed by atoms with Crippen molar-refractivity contribution in [1.29, 1.82) is 0 Å². The fourth-order valence-corrected chi connectivity index (χ4v) is 2.65. The van der Waals surface area contributed by atoms with E-state index in [1.807, 2.05) is 25.1 Å². The Morgan fingerprint density at radius 1 is 1.45 bits per heavy atom. The zero-order valence-electron chi connectivity index (χ0n) is 10.7. The number of nitrogens with zero attached hydrogens (tertiary/aromatic N) is 1. The molecular formula is C14H12N2O3S. The lowest BCUT2D eigenvalue weighted by atomic mass is 10.2. The molecule has 3 aromatic rings. The zero-order chi connectivity index (χ0) is 14.1. The van der Waals surface area contributed by atoms with Crippen LogP contribution in [0.1, 0.15) is 21.7 Å². The van der Waals surface area contributed by atoms with Gasteiger partial charge in [0.25, 0.3) is 0 Å². The van der Waals surface area contributed by atoms with Gasteiger partial charge in [0.1, 0.15) is 12.0 Å². The van der Waals surface area contributed by atoms with Crippen LogP contribution in [0.25, 0.3) is 11.0 Å². The third-order valence-electron chi connectivity index (χ3n) is 2.87. The molecule has 0 saturated carbocycles. The maximum atomic E-state index is 10.8. The average molecular weight is 288 g/mol. The summed E-state index contributed by atoms with van der Waals surface area (Å²) in [6.45, 7) is 2.03. The molecule has 0 unspecified atom stereocenters. The number of carboxylic acids is 1. The Hall–Kier alpha value is -2.21. The first kappa shape index (κ1) is 12.8. The second kappa shape index (κ2) is 5.05. The number of aromatic carboxylic acids is 1. The molecule has 1 aromatic carbocycles. The first-order valence-electron chi connectivity index (χ1n) is 6.02. The van der Waals surface area contributed by atoms with Crippen molar-refractivity contribution >= 4 is 28.8 Å². The number of fused-ring (bicyclic) bond motifs is 1. The van der Waals surface area contributed by atoms with Gasteiger partial charge < -0.3 is 14.5 Å². The normalized spacial score (nSPS) is 11.1. The van der Waals surface area contributed by atoms with Crippen molar-refractivity contribution in [2.75, 3.05) is 0 Å². The van der Waals surface area contributed by atoms with E-state index < -0.39 is 5.97 Å². The Labute approximate surface area is 119 Å². The van der Waals surface area contributed by atoms with Gasteiger partial charge in [0.2, 0.25) is 0 Å². The van der Waals surface area contributed by atoms with Crippen molar-refractivity contribution < 1.29 is 14.3 Å². The minimum Gasteiger partial charge on any atom is -0.478 e. The SMILES string of the molecule is Cc1ccc2nc(SCc3cc(C(=O)O)co3)[nH]c2c1. The summed E-state index contributed by atoms with van der Waals surface area (Å²) >= 11 is 1.48. The number of benzene rings is 1. The van der Waals surface area contributed by atoms with Crippen molar-refractivity contribution in [3.8, 4) is 0 Å². The quantitative estimate of drug-likeness (QED) is 0.719. The lowest BCUT2D eigenvalue weighted by Crippen LogP contribution is -1.91. The van der Waals surface area contributed by atoms with Crippen LogP contribution in [0.5, 0.6) is 0 Å². The van der Waals surface area contributed by atoms with Crippen LogP contribution < -0.4 is 0 Å². The minimum atomic E-state index is -0.982. The molecule has 20 heavy (non-hydrogen) atoms. The molecule has 0 spiro atoms. The number of aromatic nitrogens is 2. The summed E-state index contributed by atoms with van der Waals surface area (Å²) in [6.07, 6.45) is 1.25. The molecule has 0 aliphatic heterocycles. The van der Waals surface area contributed by atoms with Crippen LogP contribution in [0.3, 0.4) is 0 Å². The Morgan fingerprint density at radius 2 is 2.30 bits per heavy atom. The number of carbonyl (C=O) groups is 1. The van der Waals surface area contributed by atoms with Crippen LogP contribution in [0.2, 0.25) is 0 Å². The number of rotatable bonds is 4. The van der Waals surface area contributed by atoms with Crippen LogP contribution >= 0.6 is 11.8 Å². The van der Waals surface area contributed by atoms with Crippen molar-refractivity contribution in [3.63, 3.8) is 0 Å². The fourth-order valence-electron chi connectivity index (χ4n) is 1.88. The third-order valence-corrected chi connectivity index (χ3v) is 3.76. The molecular weight excluding hydrogens is 276 g/mol. The minimum absolute atomic E-state index is 0.167. The molecule has 5 nitrogen and oxygen atoms in total. The first-order valence-corrected chi connectivity index (χ1v) is 7.00. The summed E-state index contributed by atoms with van der Waals surface area (Å²) in [5, 5.41) is 9.61. The number of aryl methyl sites for hydroxylation is 1. The van der Waals surface area contributed by atoms with Crippen LogP contribution in [-0.2, 0) is 5.75 Å². The van der Waals surface area contributed by atoms with Gasteiger partial charge in [-0.1, -0.05) is 17.8 Å². The van der Waals surface area contributed by atoms with E-state index in [1.165, 1.54) is 29.7 Å². The largest absolute Gasteiger partial charge is 0.478 e. The number of carboxylic acid groups (broad SMARTS) is 1. The highest BCUT2D eigenvalue weighted by Crippen LogP contribution is 2.24. The molecule has 3 rings (SSSR count). The van der Waals surface area contributed by atoms with E-state index in [0.717, 1.165) is 16.2 Å². The molecule has 0 radical (unpaired) electrons. The van der Waals surface area contributed by atoms with Crippen molar-refractivity contribution in [2.24, 2.45) is 0 Å². The lowest BCUT2D eigenvalue weighted by Gasteiger charge is -1.93. The van der Waals surface area contributed by atoms with Crippen molar-refractivity contribution in [2.45, 2.75) is 17.8 Å². The summed E-state index contributed by atoms with van der Waals surface area (Å²) in [7, 11) is 0. The summed E-state index contributed by atoms with van der Waals surface area (Å²) in [4.78, 5) is 18.4. The molecule has 6 heteroatoms. The van der Waals surface area contributed by atoms with Gasteiger partial charge in [-0.15, -0.1) is 0 Å². The van der Waals surface area contributed by atoms with E-state index in [4.69, 9.17) is 9.52 Å². The predicted octanol–water partition coefficient (Wildman–Crippen LogP) is 3.45. The van der Waals surface area contributed by atoms with E-state index in [1.54, 1.807) is 0 Å². The van der Waals surface area contributed by atoms with Crippen LogP contribution in [0.4, 0.5) is 0 Å². The number of nitrogens with one attached hydrogen (secondary N) is 1. The number of imidazole rings is 1. The number of aromatic amines is 1. The molecule has 2 aromatic heterocycles. The fraction of sp³-hybridized carbons (Fsp3) is 0.143. The van der Waals surface area contributed by atoms with Gasteiger partial charge in [0.05, 0.1) is 22.3 Å². The van der Waals surface area contributed by atoms with E-state index in [0.29, 0.717) is 11.5 Å². The molecule has 0 aliphatic rings. The standard InChI is InChI=1S/C14H12N2O3S/c1-8-2-3-11-12(4-8)16-14(15-11)20-7-10-5-9(6-19-10)13(17)18/h2-6H,7H2,1H3,(H,15,16)(H,17,18). The number of thioether (sulfide) groups is 1. The molecule has 0 aliphatic carbocycles. The highest BCUT2D eigenvalue weighted by molar-refractivity contribution is 7.98. The predicted molar refractivity (Wildman–Crippen MR) is 76.1 cm³/mol. The Balaban J connectivity index is 1.74. The van der Waals surface area contributed by atoms with Crippen LogP contribution in [0, 0.1) is 6.92 Å². The van der Waals surface area contributed by atoms with Gasteiger partial charge in [0, 0.05) is 0 Å². The van der Waals surface area contributed by atoms with Crippen molar-refractivity contribution in [3.05, 3.63) is 47.4 Å². The molecule has 102 valence electrons. The second-order valence-electron chi connectivity index (χ2n) is 4.46. The molecule has 0 saturated heterocycles. The molecule has 0 amide bonds. The van der Waals surface area contributed by atoms with Gasteiger partial charge >= 0.3 is 5.97 Å². The lowest BCUT2D eigenvalue weighted by molar-refractivity contribution is 0.0696. The summed E-state index contributed by atoms with van der Waals surface area (Å²) in [5.41, 5.74) is 3.26. The summed E-state index contributed by atoms with van der Waals surface area (Å²) < 4.78 is 5.20. The van der Waals surface area contributed by atoms with E-state index in [-0.39, 0.29) is 5.56 Å². The molecule has 2 heterocycles. The highest BCUT2D eigenvalue weighted by atomic mass is 32.2. The van der Waals surface area contributed by atoms with E-state index >= 15 is 0 Å². The van der Waals surface area contributed by atoms with Gasteiger partial charge in [-0.2, -0.15) is 0 Å². The van der Waals surface area contributed by atoms with Gasteiger partial charge in [-0.3, -0.25) is 0 Å². The number of hydrogen-bond donors (Lipinski definition) is 2. The number of H-pyrrole nitrogens is 1. The van der Waals surface area contributed by atoms with Gasteiger partial charge in [0.15, 0.2) is 5.16 Å². The second-order valence-corrected chi connectivity index (χ2v) is 5.42. The van der Waals surface area contributed by atoms with E-state index in [9.17, 15) is 4.79 Å². The Kier molecular flexibility index (Phi) is 3.23. The number of hydrogen-bond acceptors (Lipinski definition) is 4. The Bertz CT molecular complexity index is 776. The maximum absolute atomic E-state index is 10.8. The summed E-state index contributed by atoms with van der Waals surface area (Å²) in [6, 6.07) is 7.56. The Morgan fingerprint density at radius 3 is 3.05 bits per heavy atom. The van der Waals surface area contributed by atoms with Gasteiger partial charge in [-0.25, -0.2) is 9.78 Å².